The van der Waals surface area contributed by atoms with Gasteiger partial charge in [-0.15, -0.1) is 11.3 Å². The fraction of sp³-hybridized carbons (Fsp3) is 0.333. The number of carbonyl (C=O) groups excluding carboxylic acids is 2. The van der Waals surface area contributed by atoms with Crippen LogP contribution >= 0.6 is 22.9 Å². The first-order valence-corrected chi connectivity index (χ1v) is 8.41. The Balaban J connectivity index is 1.60. The fourth-order valence-electron chi connectivity index (χ4n) is 3.02. The van der Waals surface area contributed by atoms with E-state index < -0.39 is 23.4 Å². The largest absolute Gasteiger partial charge is 0.447 e. The molecule has 2 saturated heterocycles. The number of cyclic esters (lactones) is 1. The lowest BCUT2D eigenvalue weighted by Crippen LogP contribution is -2.69. The van der Waals surface area contributed by atoms with Crippen LogP contribution in [0, 0.1) is 0 Å². The minimum Gasteiger partial charge on any atom is -0.447 e. The van der Waals surface area contributed by atoms with E-state index in [1.165, 1.54) is 11.0 Å². The van der Waals surface area contributed by atoms with Gasteiger partial charge in [-0.25, -0.2) is 4.79 Å². The van der Waals surface area contributed by atoms with Crippen LogP contribution < -0.4 is 5.32 Å². The molecule has 0 bridgehead atoms. The Morgan fingerprint density at radius 3 is 2.68 bits per heavy atom. The molecule has 2 amide bonds. The Labute approximate surface area is 148 Å². The highest BCUT2D eigenvalue weighted by molar-refractivity contribution is 7.21. The van der Waals surface area contributed by atoms with Gasteiger partial charge in [0.25, 0.3) is 5.91 Å². The fourth-order valence-corrected chi connectivity index (χ4v) is 4.47. The molecule has 1 N–H and O–H groups in total. The first-order valence-electron chi connectivity index (χ1n) is 7.22. The number of alkyl carbamates (subject to hydrolysis) is 1. The Morgan fingerprint density at radius 1 is 1.36 bits per heavy atom. The number of hydrogen-bond donors (Lipinski definition) is 1. The van der Waals surface area contributed by atoms with Crippen molar-refractivity contribution in [1.82, 2.24) is 10.2 Å². The summed E-state index contributed by atoms with van der Waals surface area (Å²) < 4.78 is 43.9. The maximum Gasteiger partial charge on any atom is 0.416 e. The van der Waals surface area contributed by atoms with Gasteiger partial charge in [0.2, 0.25) is 0 Å². The summed E-state index contributed by atoms with van der Waals surface area (Å²) in [5.41, 5.74) is -1.38. The molecule has 1 spiro atoms. The van der Waals surface area contributed by atoms with Crippen LogP contribution in [0.1, 0.15) is 15.2 Å². The zero-order valence-electron chi connectivity index (χ0n) is 12.4. The molecule has 25 heavy (non-hydrogen) atoms. The molecule has 10 heteroatoms. The summed E-state index contributed by atoms with van der Waals surface area (Å²) in [6, 6.07) is 3.23. The van der Waals surface area contributed by atoms with Gasteiger partial charge in [0.05, 0.1) is 10.6 Å². The molecule has 1 aromatic carbocycles. The lowest BCUT2D eigenvalue weighted by Gasteiger charge is -2.45. The van der Waals surface area contributed by atoms with E-state index in [4.69, 9.17) is 16.3 Å². The second-order valence-electron chi connectivity index (χ2n) is 6.10. The summed E-state index contributed by atoms with van der Waals surface area (Å²) in [5.74, 6) is -0.369. The van der Waals surface area contributed by atoms with Crippen molar-refractivity contribution in [2.24, 2.45) is 0 Å². The third kappa shape index (κ3) is 2.62. The van der Waals surface area contributed by atoms with Crippen LogP contribution in [0.3, 0.4) is 0 Å². The van der Waals surface area contributed by atoms with Crippen molar-refractivity contribution >= 4 is 45.0 Å². The Bertz CT molecular complexity index is 905. The molecule has 0 saturated carbocycles. The lowest BCUT2D eigenvalue weighted by atomic mass is 9.91. The number of fused-ring (bicyclic) bond motifs is 1. The van der Waals surface area contributed by atoms with Gasteiger partial charge >= 0.3 is 12.3 Å². The van der Waals surface area contributed by atoms with E-state index in [2.05, 4.69) is 5.32 Å². The normalized spacial score (nSPS) is 19.0. The Morgan fingerprint density at radius 2 is 2.08 bits per heavy atom. The molecule has 2 aromatic rings. The van der Waals surface area contributed by atoms with Crippen molar-refractivity contribution in [1.29, 1.82) is 0 Å². The molecule has 5 nitrogen and oxygen atoms in total. The average molecular weight is 391 g/mol. The van der Waals surface area contributed by atoms with Gasteiger partial charge in [-0.1, -0.05) is 11.6 Å². The average Bonchev–Trinajstić information content (AvgIpc) is 3.05. The molecule has 0 aliphatic carbocycles. The van der Waals surface area contributed by atoms with Crippen molar-refractivity contribution in [2.75, 3.05) is 19.7 Å². The summed E-state index contributed by atoms with van der Waals surface area (Å²) in [5, 5.41) is 2.88. The van der Waals surface area contributed by atoms with E-state index in [9.17, 15) is 22.8 Å². The predicted molar refractivity (Wildman–Crippen MR) is 85.0 cm³/mol. The molecule has 132 valence electrons. The molecular formula is C15H10ClF3N2O3S. The second kappa shape index (κ2) is 5.25. The van der Waals surface area contributed by atoms with Crippen LogP contribution in [0.25, 0.3) is 10.1 Å². The van der Waals surface area contributed by atoms with Crippen LogP contribution in [0.15, 0.2) is 18.2 Å². The number of likely N-dealkylation sites (tertiary alicyclic amines) is 1. The van der Waals surface area contributed by atoms with Crippen molar-refractivity contribution in [2.45, 2.75) is 11.7 Å². The van der Waals surface area contributed by atoms with Crippen molar-refractivity contribution in [3.63, 3.8) is 0 Å². The van der Waals surface area contributed by atoms with Gasteiger partial charge in [0.1, 0.15) is 17.0 Å². The topological polar surface area (TPSA) is 58.6 Å². The molecule has 3 heterocycles. The molecule has 1 aromatic heterocycles. The van der Waals surface area contributed by atoms with E-state index in [-0.39, 0.29) is 40.9 Å². The summed E-state index contributed by atoms with van der Waals surface area (Å²) >= 11 is 7.23. The minimum absolute atomic E-state index is 0.0174. The van der Waals surface area contributed by atoms with Gasteiger partial charge in [-0.2, -0.15) is 13.2 Å². The lowest BCUT2D eigenvalue weighted by molar-refractivity contribution is -0.137. The summed E-state index contributed by atoms with van der Waals surface area (Å²) in [7, 11) is 0. The van der Waals surface area contributed by atoms with Gasteiger partial charge in [-0.3, -0.25) is 4.79 Å². The number of alkyl halides is 3. The molecule has 4 rings (SSSR count). The number of halogens is 4. The van der Waals surface area contributed by atoms with Gasteiger partial charge in [-0.05, 0) is 18.2 Å². The standard InChI is InChI=1S/C15H10ClF3N2O3S/c16-10-8-3-7(15(17,18)19)1-2-9(8)25-11(10)12(22)21-4-14(5-21)6-24-13(23)20-14/h1-3H,4-6H2,(H,20,23). The minimum atomic E-state index is -4.48. The van der Waals surface area contributed by atoms with Crippen LogP contribution in [0.4, 0.5) is 18.0 Å². The molecule has 0 unspecified atom stereocenters. The third-order valence-electron chi connectivity index (χ3n) is 4.27. The van der Waals surface area contributed by atoms with Crippen molar-refractivity contribution < 1.29 is 27.5 Å². The number of rotatable bonds is 1. The third-order valence-corrected chi connectivity index (χ3v) is 5.93. The molecule has 2 fully saturated rings. The predicted octanol–water partition coefficient (Wildman–Crippen LogP) is 3.51. The first-order chi connectivity index (χ1) is 11.7. The van der Waals surface area contributed by atoms with Crippen molar-refractivity contribution in [3.8, 4) is 0 Å². The number of thiophene rings is 1. The molecule has 2 aliphatic heterocycles. The smallest absolute Gasteiger partial charge is 0.416 e. The number of carbonyl (C=O) groups is 2. The number of hydrogen-bond acceptors (Lipinski definition) is 4. The number of ether oxygens (including phenoxy) is 1. The highest BCUT2D eigenvalue weighted by Crippen LogP contribution is 2.40. The number of nitrogens with one attached hydrogen (secondary N) is 1. The maximum absolute atomic E-state index is 12.8. The number of amides is 2. The highest BCUT2D eigenvalue weighted by Gasteiger charge is 2.51. The van der Waals surface area contributed by atoms with Gasteiger partial charge in [0.15, 0.2) is 0 Å². The van der Waals surface area contributed by atoms with Crippen LogP contribution in [-0.2, 0) is 10.9 Å². The van der Waals surface area contributed by atoms with E-state index in [0.717, 1.165) is 23.5 Å². The first kappa shape index (κ1) is 16.5. The van der Waals surface area contributed by atoms with Crippen LogP contribution in [0.5, 0.6) is 0 Å². The maximum atomic E-state index is 12.8. The zero-order chi connectivity index (χ0) is 18.0. The van der Waals surface area contributed by atoms with E-state index in [0.29, 0.717) is 4.70 Å². The van der Waals surface area contributed by atoms with Crippen molar-refractivity contribution in [3.05, 3.63) is 33.7 Å². The Hall–Kier alpha value is -2.00. The Kier molecular flexibility index (Phi) is 3.46. The highest BCUT2D eigenvalue weighted by atomic mass is 35.5. The number of nitrogens with zero attached hydrogens (tertiary/aromatic N) is 1. The monoisotopic (exact) mass is 390 g/mol. The zero-order valence-corrected chi connectivity index (χ0v) is 14.0. The quantitative estimate of drug-likeness (QED) is 0.810. The van der Waals surface area contributed by atoms with E-state index >= 15 is 0 Å². The van der Waals surface area contributed by atoms with E-state index in [1.807, 2.05) is 0 Å². The van der Waals surface area contributed by atoms with Crippen LogP contribution in [0.2, 0.25) is 5.02 Å². The molecular weight excluding hydrogens is 381 g/mol. The molecule has 0 atom stereocenters. The number of benzene rings is 1. The molecule has 0 radical (unpaired) electrons. The summed E-state index contributed by atoms with van der Waals surface area (Å²) in [6.45, 7) is 0.733. The molecule has 2 aliphatic rings. The summed E-state index contributed by atoms with van der Waals surface area (Å²) in [6.07, 6.45) is -5.00. The van der Waals surface area contributed by atoms with E-state index in [1.54, 1.807) is 0 Å². The SMILES string of the molecule is O=C1NC2(CO1)CN(C(=O)c1sc3ccc(C(F)(F)F)cc3c1Cl)C2. The summed E-state index contributed by atoms with van der Waals surface area (Å²) in [4.78, 5) is 25.4. The van der Waals surface area contributed by atoms with Crippen LogP contribution in [-0.4, -0.2) is 42.1 Å². The van der Waals surface area contributed by atoms with Gasteiger partial charge in [0, 0.05) is 23.2 Å². The second-order valence-corrected chi connectivity index (χ2v) is 7.53. The van der Waals surface area contributed by atoms with Gasteiger partial charge < -0.3 is 15.0 Å².